The van der Waals surface area contributed by atoms with Crippen molar-refractivity contribution in [3.05, 3.63) is 24.0 Å². The molecule has 0 unspecified atom stereocenters. The summed E-state index contributed by atoms with van der Waals surface area (Å²) < 4.78 is 0. The van der Waals surface area contributed by atoms with Crippen molar-refractivity contribution in [1.29, 1.82) is 0 Å². The van der Waals surface area contributed by atoms with Crippen LogP contribution in [-0.4, -0.2) is 35.4 Å². The minimum absolute atomic E-state index is 0.0361. The molecule has 0 aliphatic heterocycles. The van der Waals surface area contributed by atoms with Crippen LogP contribution in [0, 0.1) is 5.41 Å². The summed E-state index contributed by atoms with van der Waals surface area (Å²) in [6, 6.07) is 3.62. The fraction of sp³-hybridized carbons (Fsp3) is 0.583. The van der Waals surface area contributed by atoms with Gasteiger partial charge in [0.15, 0.2) is 0 Å². The maximum atomic E-state index is 12.1. The summed E-state index contributed by atoms with van der Waals surface area (Å²) in [4.78, 5) is 16.8. The van der Waals surface area contributed by atoms with Crippen molar-refractivity contribution in [2.24, 2.45) is 11.1 Å². The first-order valence-electron chi connectivity index (χ1n) is 5.63. The maximum absolute atomic E-state index is 12.1. The summed E-state index contributed by atoms with van der Waals surface area (Å²) in [5.74, 6) is 0.0361. The number of carbonyl (C=O) groups is 1. The first kappa shape index (κ1) is 12.8. The van der Waals surface area contributed by atoms with E-state index in [-0.39, 0.29) is 11.3 Å². The van der Waals surface area contributed by atoms with E-state index < -0.39 is 0 Å². The van der Waals surface area contributed by atoms with E-state index in [0.29, 0.717) is 25.3 Å². The van der Waals surface area contributed by atoms with E-state index in [1.54, 1.807) is 12.3 Å². The van der Waals surface area contributed by atoms with Gasteiger partial charge in [0.2, 0.25) is 0 Å². The number of aromatic amines is 1. The quantitative estimate of drug-likeness (QED) is 0.794. The minimum Gasteiger partial charge on any atom is -0.357 e. The molecule has 1 aromatic rings. The Labute approximate surface area is 96.8 Å². The molecule has 1 heterocycles. The highest BCUT2D eigenvalue weighted by Crippen LogP contribution is 2.16. The Bertz CT molecular complexity index is 330. The van der Waals surface area contributed by atoms with Gasteiger partial charge in [-0.15, -0.1) is 0 Å². The summed E-state index contributed by atoms with van der Waals surface area (Å²) in [5.41, 5.74) is 6.27. The van der Waals surface area contributed by atoms with Crippen LogP contribution < -0.4 is 5.73 Å². The molecule has 0 aliphatic carbocycles. The molecule has 90 valence electrons. The summed E-state index contributed by atoms with van der Waals surface area (Å²) in [6.07, 6.45) is 1.76. The van der Waals surface area contributed by atoms with Crippen molar-refractivity contribution in [2.45, 2.75) is 20.8 Å². The number of aromatic nitrogens is 1. The number of hydrogen-bond donors (Lipinski definition) is 2. The topological polar surface area (TPSA) is 62.1 Å². The average Bonchev–Trinajstić information content (AvgIpc) is 2.78. The van der Waals surface area contributed by atoms with Crippen molar-refractivity contribution in [3.8, 4) is 0 Å². The van der Waals surface area contributed by atoms with Crippen molar-refractivity contribution >= 4 is 5.91 Å². The molecular formula is C12H21N3O. The summed E-state index contributed by atoms with van der Waals surface area (Å²) >= 11 is 0. The number of rotatable bonds is 5. The number of carbonyl (C=O) groups excluding carboxylic acids is 1. The highest BCUT2D eigenvalue weighted by molar-refractivity contribution is 5.92. The van der Waals surface area contributed by atoms with E-state index in [4.69, 9.17) is 5.73 Å². The molecule has 0 spiro atoms. The number of nitrogens with zero attached hydrogens (tertiary/aromatic N) is 1. The van der Waals surface area contributed by atoms with E-state index >= 15 is 0 Å². The zero-order valence-electron chi connectivity index (χ0n) is 10.3. The molecule has 0 radical (unpaired) electrons. The van der Waals surface area contributed by atoms with Gasteiger partial charge >= 0.3 is 0 Å². The second-order valence-corrected chi connectivity index (χ2v) is 4.77. The van der Waals surface area contributed by atoms with Crippen LogP contribution in [0.15, 0.2) is 18.3 Å². The molecule has 4 heteroatoms. The van der Waals surface area contributed by atoms with Crippen molar-refractivity contribution in [3.63, 3.8) is 0 Å². The van der Waals surface area contributed by atoms with Crippen LogP contribution in [0.4, 0.5) is 0 Å². The van der Waals surface area contributed by atoms with Crippen LogP contribution in [0.2, 0.25) is 0 Å². The van der Waals surface area contributed by atoms with Gasteiger partial charge in [0, 0.05) is 19.3 Å². The van der Waals surface area contributed by atoms with E-state index in [1.807, 2.05) is 17.9 Å². The lowest BCUT2D eigenvalue weighted by molar-refractivity contribution is 0.0695. The number of amides is 1. The Hall–Kier alpha value is -1.29. The third-order valence-corrected chi connectivity index (χ3v) is 2.67. The molecule has 1 aromatic heterocycles. The smallest absolute Gasteiger partial charge is 0.270 e. The standard InChI is InChI=1S/C12H21N3O/c1-4-15(9-12(2,3)8-13)11(16)10-6-5-7-14-10/h5-7,14H,4,8-9,13H2,1-3H3. The normalized spacial score (nSPS) is 11.5. The predicted molar refractivity (Wildman–Crippen MR) is 65.2 cm³/mol. The Morgan fingerprint density at radius 3 is 2.69 bits per heavy atom. The maximum Gasteiger partial charge on any atom is 0.270 e. The summed E-state index contributed by atoms with van der Waals surface area (Å²) in [5, 5.41) is 0. The monoisotopic (exact) mass is 223 g/mol. The molecule has 0 atom stereocenters. The zero-order valence-corrected chi connectivity index (χ0v) is 10.3. The lowest BCUT2D eigenvalue weighted by atomic mass is 9.93. The number of nitrogens with two attached hydrogens (primary N) is 1. The second-order valence-electron chi connectivity index (χ2n) is 4.77. The molecule has 16 heavy (non-hydrogen) atoms. The van der Waals surface area contributed by atoms with Crippen LogP contribution in [0.5, 0.6) is 0 Å². The molecule has 0 saturated heterocycles. The molecule has 0 bridgehead atoms. The van der Waals surface area contributed by atoms with Crippen LogP contribution in [-0.2, 0) is 0 Å². The third-order valence-electron chi connectivity index (χ3n) is 2.67. The summed E-state index contributed by atoms with van der Waals surface area (Å²) in [7, 11) is 0. The molecule has 4 nitrogen and oxygen atoms in total. The summed E-state index contributed by atoms with van der Waals surface area (Å²) in [6.45, 7) is 8.06. The Kier molecular flexibility index (Phi) is 4.12. The van der Waals surface area contributed by atoms with Gasteiger partial charge in [-0.1, -0.05) is 13.8 Å². The van der Waals surface area contributed by atoms with Crippen molar-refractivity contribution in [2.75, 3.05) is 19.6 Å². The SMILES string of the molecule is CCN(CC(C)(C)CN)C(=O)c1ccc[nH]1. The largest absolute Gasteiger partial charge is 0.357 e. The Balaban J connectivity index is 2.72. The van der Waals surface area contributed by atoms with E-state index in [0.717, 1.165) is 0 Å². The Morgan fingerprint density at radius 1 is 1.56 bits per heavy atom. The highest BCUT2D eigenvalue weighted by Gasteiger charge is 2.23. The van der Waals surface area contributed by atoms with Gasteiger partial charge in [0.25, 0.3) is 5.91 Å². The molecule has 1 rings (SSSR count). The van der Waals surface area contributed by atoms with E-state index in [9.17, 15) is 4.79 Å². The molecular weight excluding hydrogens is 202 g/mol. The lowest BCUT2D eigenvalue weighted by Gasteiger charge is -2.30. The fourth-order valence-electron chi connectivity index (χ4n) is 1.54. The highest BCUT2D eigenvalue weighted by atomic mass is 16.2. The van der Waals surface area contributed by atoms with Gasteiger partial charge in [-0.25, -0.2) is 0 Å². The molecule has 0 saturated carbocycles. The number of nitrogens with one attached hydrogen (secondary N) is 1. The van der Waals surface area contributed by atoms with E-state index in [2.05, 4.69) is 18.8 Å². The van der Waals surface area contributed by atoms with Gasteiger partial charge in [-0.2, -0.15) is 0 Å². The van der Waals surface area contributed by atoms with Gasteiger partial charge in [-0.05, 0) is 31.0 Å². The molecule has 0 fully saturated rings. The van der Waals surface area contributed by atoms with Crippen LogP contribution in [0.1, 0.15) is 31.3 Å². The van der Waals surface area contributed by atoms with Gasteiger partial charge in [0.05, 0.1) is 0 Å². The van der Waals surface area contributed by atoms with Crippen LogP contribution >= 0.6 is 0 Å². The minimum atomic E-state index is -0.0434. The van der Waals surface area contributed by atoms with Crippen molar-refractivity contribution in [1.82, 2.24) is 9.88 Å². The first-order valence-corrected chi connectivity index (χ1v) is 5.63. The van der Waals surface area contributed by atoms with Crippen LogP contribution in [0.3, 0.4) is 0 Å². The van der Waals surface area contributed by atoms with Crippen molar-refractivity contribution < 1.29 is 4.79 Å². The van der Waals surface area contributed by atoms with Crippen LogP contribution in [0.25, 0.3) is 0 Å². The van der Waals surface area contributed by atoms with E-state index in [1.165, 1.54) is 0 Å². The molecule has 0 aromatic carbocycles. The third kappa shape index (κ3) is 3.10. The van der Waals surface area contributed by atoms with Gasteiger partial charge < -0.3 is 15.6 Å². The first-order chi connectivity index (χ1) is 7.50. The molecule has 3 N–H and O–H groups in total. The lowest BCUT2D eigenvalue weighted by Crippen LogP contribution is -2.42. The second kappa shape index (κ2) is 5.16. The average molecular weight is 223 g/mol. The molecule has 0 aliphatic rings. The van der Waals surface area contributed by atoms with Gasteiger partial charge in [0.1, 0.15) is 5.69 Å². The number of hydrogen-bond acceptors (Lipinski definition) is 2. The molecule has 1 amide bonds. The van der Waals surface area contributed by atoms with Gasteiger partial charge in [-0.3, -0.25) is 4.79 Å². The predicted octanol–water partition coefficient (Wildman–Crippen LogP) is 1.46. The Morgan fingerprint density at radius 2 is 2.25 bits per heavy atom. The fourth-order valence-corrected chi connectivity index (χ4v) is 1.54. The number of H-pyrrole nitrogens is 1. The zero-order chi connectivity index (χ0) is 12.2.